The molecule has 0 bridgehead atoms. The van der Waals surface area contributed by atoms with Gasteiger partial charge in [-0.15, -0.1) is 11.3 Å². The van der Waals surface area contributed by atoms with Gasteiger partial charge in [-0.2, -0.15) is 12.7 Å². The summed E-state index contributed by atoms with van der Waals surface area (Å²) in [6.45, 7) is 1.82. The van der Waals surface area contributed by atoms with Gasteiger partial charge in [0, 0.05) is 19.0 Å². The maximum Gasteiger partial charge on any atom is 0.306 e. The number of rotatable bonds is 6. The molecule has 0 radical (unpaired) electrons. The van der Waals surface area contributed by atoms with E-state index in [2.05, 4.69) is 14.4 Å². The molecule has 1 heterocycles. The highest BCUT2D eigenvalue weighted by molar-refractivity contribution is 7.90. The number of anilines is 1. The van der Waals surface area contributed by atoms with Crippen LogP contribution in [0.4, 0.5) is 5.13 Å². The van der Waals surface area contributed by atoms with Crippen LogP contribution in [0, 0.1) is 6.92 Å². The van der Waals surface area contributed by atoms with Crippen LogP contribution < -0.4 is 4.72 Å². The minimum Gasteiger partial charge on any atom is -0.469 e. The van der Waals surface area contributed by atoms with Crippen molar-refractivity contribution >= 4 is 32.6 Å². The number of methoxy groups -OCH3 is 1. The van der Waals surface area contributed by atoms with E-state index in [0.29, 0.717) is 5.13 Å². The third kappa shape index (κ3) is 4.24. The average molecular weight is 293 g/mol. The van der Waals surface area contributed by atoms with Crippen molar-refractivity contribution in [1.29, 1.82) is 0 Å². The van der Waals surface area contributed by atoms with Crippen LogP contribution in [0.1, 0.15) is 12.1 Å². The van der Waals surface area contributed by atoms with Gasteiger partial charge < -0.3 is 4.74 Å². The summed E-state index contributed by atoms with van der Waals surface area (Å²) in [5, 5.41) is 2.05. The van der Waals surface area contributed by atoms with E-state index in [0.717, 1.165) is 10.00 Å². The maximum absolute atomic E-state index is 11.8. The standard InChI is InChI=1S/C9H15N3O4S2/c1-7-6-17-9(10-7)11-18(14,15)12(2)5-4-8(13)16-3/h6H,4-5H2,1-3H3,(H,10,11). The highest BCUT2D eigenvalue weighted by Crippen LogP contribution is 2.16. The number of aryl methyl sites for hydroxylation is 1. The second-order valence-corrected chi connectivity index (χ2v) is 6.18. The molecule has 9 heteroatoms. The Labute approximate surface area is 110 Å². The van der Waals surface area contributed by atoms with Crippen molar-refractivity contribution in [2.45, 2.75) is 13.3 Å². The maximum atomic E-state index is 11.8. The van der Waals surface area contributed by atoms with Gasteiger partial charge in [0.25, 0.3) is 0 Å². The van der Waals surface area contributed by atoms with Crippen molar-refractivity contribution < 1.29 is 17.9 Å². The second-order valence-electron chi connectivity index (χ2n) is 3.55. The fraction of sp³-hybridized carbons (Fsp3) is 0.556. The number of thiazole rings is 1. The lowest BCUT2D eigenvalue weighted by Crippen LogP contribution is -2.34. The molecule has 0 saturated carbocycles. The Balaban J connectivity index is 2.60. The molecule has 0 aliphatic carbocycles. The first kappa shape index (κ1) is 14.9. The molecule has 7 nitrogen and oxygen atoms in total. The molecule has 0 aliphatic rings. The molecule has 1 N–H and O–H groups in total. The van der Waals surface area contributed by atoms with Crippen LogP contribution in [0.25, 0.3) is 0 Å². The van der Waals surface area contributed by atoms with Crippen LogP contribution in [-0.4, -0.2) is 44.4 Å². The van der Waals surface area contributed by atoms with E-state index >= 15 is 0 Å². The van der Waals surface area contributed by atoms with Gasteiger partial charge in [0.15, 0.2) is 5.13 Å². The van der Waals surface area contributed by atoms with Crippen molar-refractivity contribution in [3.05, 3.63) is 11.1 Å². The second kappa shape index (κ2) is 6.12. The fourth-order valence-electron chi connectivity index (χ4n) is 1.06. The number of carbonyl (C=O) groups excluding carboxylic acids is 1. The lowest BCUT2D eigenvalue weighted by atomic mass is 10.4. The van der Waals surface area contributed by atoms with E-state index in [4.69, 9.17) is 0 Å². The first-order valence-electron chi connectivity index (χ1n) is 5.08. The van der Waals surface area contributed by atoms with E-state index in [1.165, 1.54) is 25.5 Å². The Morgan fingerprint density at radius 3 is 2.78 bits per heavy atom. The Kier molecular flexibility index (Phi) is 5.05. The van der Waals surface area contributed by atoms with E-state index < -0.39 is 16.2 Å². The normalized spacial score (nSPS) is 11.6. The Hall–Kier alpha value is -1.19. The van der Waals surface area contributed by atoms with Crippen molar-refractivity contribution in [2.75, 3.05) is 25.4 Å². The molecule has 102 valence electrons. The minimum atomic E-state index is -3.68. The predicted octanol–water partition coefficient (Wildman–Crippen LogP) is 0.603. The number of nitrogens with one attached hydrogen (secondary N) is 1. The summed E-state index contributed by atoms with van der Waals surface area (Å²) in [4.78, 5) is 14.9. The van der Waals surface area contributed by atoms with Gasteiger partial charge in [-0.25, -0.2) is 9.71 Å². The Bertz CT molecular complexity index is 512. The number of hydrogen-bond acceptors (Lipinski definition) is 6. The third-order valence-corrected chi connectivity index (χ3v) is 4.56. The lowest BCUT2D eigenvalue weighted by molar-refractivity contribution is -0.140. The molecule has 0 aliphatic heterocycles. The van der Waals surface area contributed by atoms with Gasteiger partial charge in [0.1, 0.15) is 0 Å². The SMILES string of the molecule is COC(=O)CCN(C)S(=O)(=O)Nc1nc(C)cs1. The lowest BCUT2D eigenvalue weighted by Gasteiger charge is -2.16. The summed E-state index contributed by atoms with van der Waals surface area (Å²) in [6, 6.07) is 0. The quantitative estimate of drug-likeness (QED) is 0.776. The van der Waals surface area contributed by atoms with Crippen molar-refractivity contribution in [1.82, 2.24) is 9.29 Å². The first-order chi connectivity index (χ1) is 8.35. The minimum absolute atomic E-state index is 0.00477. The van der Waals surface area contributed by atoms with Crippen LogP contribution in [0.5, 0.6) is 0 Å². The van der Waals surface area contributed by atoms with Gasteiger partial charge in [-0.3, -0.25) is 4.79 Å². The summed E-state index contributed by atoms with van der Waals surface area (Å²) >= 11 is 1.20. The van der Waals surface area contributed by atoms with E-state index in [1.807, 2.05) is 0 Å². The number of nitrogens with zero attached hydrogens (tertiary/aromatic N) is 2. The molecule has 1 rings (SSSR count). The molecule has 1 aromatic heterocycles. The molecule has 0 unspecified atom stereocenters. The first-order valence-corrected chi connectivity index (χ1v) is 7.40. The van der Waals surface area contributed by atoms with E-state index in [1.54, 1.807) is 12.3 Å². The molecule has 0 amide bonds. The summed E-state index contributed by atoms with van der Waals surface area (Å²) in [5.41, 5.74) is 0.745. The molecule has 0 saturated heterocycles. The Morgan fingerprint density at radius 2 is 2.28 bits per heavy atom. The largest absolute Gasteiger partial charge is 0.469 e. The number of ether oxygens (including phenoxy) is 1. The van der Waals surface area contributed by atoms with Gasteiger partial charge in [-0.05, 0) is 6.92 Å². The van der Waals surface area contributed by atoms with Gasteiger partial charge in [0.05, 0.1) is 19.2 Å². The topological polar surface area (TPSA) is 88.6 Å². The van der Waals surface area contributed by atoms with Gasteiger partial charge >= 0.3 is 16.2 Å². The van der Waals surface area contributed by atoms with Crippen LogP contribution >= 0.6 is 11.3 Å². The molecule has 1 aromatic rings. The number of hydrogen-bond donors (Lipinski definition) is 1. The van der Waals surface area contributed by atoms with Crippen LogP contribution in [0.3, 0.4) is 0 Å². The molecule has 0 aromatic carbocycles. The van der Waals surface area contributed by atoms with Crippen LogP contribution in [0.15, 0.2) is 5.38 Å². The van der Waals surface area contributed by atoms with Crippen molar-refractivity contribution in [3.63, 3.8) is 0 Å². The molecular weight excluding hydrogens is 278 g/mol. The fourth-order valence-corrected chi connectivity index (χ4v) is 2.85. The smallest absolute Gasteiger partial charge is 0.306 e. The van der Waals surface area contributed by atoms with Crippen LogP contribution in [0.2, 0.25) is 0 Å². The zero-order valence-corrected chi connectivity index (χ0v) is 12.0. The number of esters is 1. The van der Waals surface area contributed by atoms with Crippen LogP contribution in [-0.2, 0) is 19.7 Å². The third-order valence-electron chi connectivity index (χ3n) is 2.10. The van der Waals surface area contributed by atoms with E-state index in [-0.39, 0.29) is 13.0 Å². The van der Waals surface area contributed by atoms with E-state index in [9.17, 15) is 13.2 Å². The Morgan fingerprint density at radius 1 is 1.61 bits per heavy atom. The molecule has 18 heavy (non-hydrogen) atoms. The van der Waals surface area contributed by atoms with Crippen molar-refractivity contribution in [3.8, 4) is 0 Å². The average Bonchev–Trinajstić information content (AvgIpc) is 2.70. The van der Waals surface area contributed by atoms with Crippen molar-refractivity contribution in [2.24, 2.45) is 0 Å². The summed E-state index contributed by atoms with van der Waals surface area (Å²) in [6.07, 6.45) is 0.00477. The molecule has 0 fully saturated rings. The highest BCUT2D eigenvalue weighted by Gasteiger charge is 2.19. The van der Waals surface area contributed by atoms with Gasteiger partial charge in [-0.1, -0.05) is 0 Å². The summed E-state index contributed by atoms with van der Waals surface area (Å²) < 4.78 is 31.5. The highest BCUT2D eigenvalue weighted by atomic mass is 32.2. The number of carbonyl (C=O) groups is 1. The molecular formula is C9H15N3O4S2. The monoisotopic (exact) mass is 293 g/mol. The summed E-state index contributed by atoms with van der Waals surface area (Å²) in [5.74, 6) is -0.456. The molecule has 0 spiro atoms. The zero-order chi connectivity index (χ0) is 13.8. The molecule has 0 atom stereocenters. The van der Waals surface area contributed by atoms with Gasteiger partial charge in [0.2, 0.25) is 0 Å². The summed E-state index contributed by atoms with van der Waals surface area (Å²) in [7, 11) is -1.04. The number of aromatic nitrogens is 1. The predicted molar refractivity (Wildman–Crippen MR) is 68.7 cm³/mol. The zero-order valence-electron chi connectivity index (χ0n) is 10.3.